The van der Waals surface area contributed by atoms with Gasteiger partial charge in [0.2, 0.25) is 5.91 Å². The number of aryl methyl sites for hydroxylation is 1. The minimum atomic E-state index is -0.647. The van der Waals surface area contributed by atoms with Crippen LogP contribution in [0.1, 0.15) is 31.9 Å². The Balaban J connectivity index is 0.00000484. The number of rotatable bonds is 6. The SMILES string of the molecule is CCNC(=NCC(C)(C)C(N)=O)N(C)Cc1ccc(C)cc1.I. The second-order valence-electron chi connectivity index (χ2n) is 6.26. The molecule has 0 saturated carbocycles. The second kappa shape index (κ2) is 9.75. The third-order valence-electron chi connectivity index (χ3n) is 3.53. The monoisotopic (exact) mass is 432 g/mol. The van der Waals surface area contributed by atoms with Crippen molar-refractivity contribution in [3.63, 3.8) is 0 Å². The number of nitrogens with one attached hydrogen (secondary N) is 1. The van der Waals surface area contributed by atoms with Crippen LogP contribution in [-0.2, 0) is 11.3 Å². The number of nitrogens with zero attached hydrogens (tertiary/aromatic N) is 2. The van der Waals surface area contributed by atoms with E-state index in [4.69, 9.17) is 5.73 Å². The first-order valence-corrected chi connectivity index (χ1v) is 7.61. The molecule has 1 aromatic rings. The van der Waals surface area contributed by atoms with Gasteiger partial charge in [-0.2, -0.15) is 0 Å². The van der Waals surface area contributed by atoms with Crippen LogP contribution in [-0.4, -0.2) is 36.9 Å². The Hall–Kier alpha value is -1.31. The van der Waals surface area contributed by atoms with Crippen LogP contribution in [0.15, 0.2) is 29.3 Å². The molecule has 0 aliphatic carbocycles. The van der Waals surface area contributed by atoms with Gasteiger partial charge in [0.05, 0.1) is 12.0 Å². The molecule has 0 aromatic heterocycles. The molecule has 1 amide bonds. The van der Waals surface area contributed by atoms with Crippen LogP contribution in [0, 0.1) is 12.3 Å². The van der Waals surface area contributed by atoms with Gasteiger partial charge in [-0.25, -0.2) is 0 Å². The Bertz CT molecular complexity index is 526. The molecule has 0 aliphatic rings. The number of primary amides is 1. The first-order valence-electron chi connectivity index (χ1n) is 7.61. The fraction of sp³-hybridized carbons (Fsp3) is 0.529. The maximum Gasteiger partial charge on any atom is 0.224 e. The number of guanidine groups is 1. The molecule has 0 saturated heterocycles. The van der Waals surface area contributed by atoms with Gasteiger partial charge in [0.25, 0.3) is 0 Å². The van der Waals surface area contributed by atoms with Crippen molar-refractivity contribution >= 4 is 35.8 Å². The summed E-state index contributed by atoms with van der Waals surface area (Å²) < 4.78 is 0. The van der Waals surface area contributed by atoms with Crippen LogP contribution >= 0.6 is 24.0 Å². The minimum absolute atomic E-state index is 0. The fourth-order valence-electron chi connectivity index (χ4n) is 1.86. The highest BCUT2D eigenvalue weighted by Crippen LogP contribution is 2.14. The minimum Gasteiger partial charge on any atom is -0.369 e. The summed E-state index contributed by atoms with van der Waals surface area (Å²) >= 11 is 0. The number of benzene rings is 1. The lowest BCUT2D eigenvalue weighted by molar-refractivity contribution is -0.125. The van der Waals surface area contributed by atoms with Gasteiger partial charge in [-0.1, -0.05) is 29.8 Å². The smallest absolute Gasteiger partial charge is 0.224 e. The van der Waals surface area contributed by atoms with E-state index >= 15 is 0 Å². The molecule has 0 spiro atoms. The lowest BCUT2D eigenvalue weighted by Crippen LogP contribution is -2.40. The van der Waals surface area contributed by atoms with E-state index in [1.54, 1.807) is 0 Å². The predicted molar refractivity (Wildman–Crippen MR) is 107 cm³/mol. The molecule has 3 N–H and O–H groups in total. The average molecular weight is 432 g/mol. The summed E-state index contributed by atoms with van der Waals surface area (Å²) in [5.41, 5.74) is 7.22. The fourth-order valence-corrected chi connectivity index (χ4v) is 1.86. The average Bonchev–Trinajstić information content (AvgIpc) is 2.45. The standard InChI is InChI=1S/C17H28N4O.HI/c1-6-19-16(20-12-17(3,4)15(18)22)21(5)11-14-9-7-13(2)8-10-14;/h7-10H,6,11-12H2,1-5H3,(H2,18,22)(H,19,20);1H. The van der Waals surface area contributed by atoms with Gasteiger partial charge >= 0.3 is 0 Å². The van der Waals surface area contributed by atoms with E-state index in [9.17, 15) is 4.79 Å². The molecule has 0 unspecified atom stereocenters. The number of amides is 1. The molecule has 0 aliphatic heterocycles. The Morgan fingerprint density at radius 2 is 1.87 bits per heavy atom. The van der Waals surface area contributed by atoms with Crippen molar-refractivity contribution in [1.82, 2.24) is 10.2 Å². The van der Waals surface area contributed by atoms with Crippen LogP contribution < -0.4 is 11.1 Å². The molecular formula is C17H29IN4O. The molecule has 1 aromatic carbocycles. The van der Waals surface area contributed by atoms with Gasteiger partial charge in [-0.05, 0) is 33.3 Å². The van der Waals surface area contributed by atoms with E-state index in [1.807, 2.05) is 32.7 Å². The van der Waals surface area contributed by atoms with E-state index in [-0.39, 0.29) is 29.9 Å². The van der Waals surface area contributed by atoms with Crippen LogP contribution in [0.25, 0.3) is 0 Å². The maximum absolute atomic E-state index is 11.4. The second-order valence-corrected chi connectivity index (χ2v) is 6.26. The number of hydrogen-bond donors (Lipinski definition) is 2. The highest BCUT2D eigenvalue weighted by molar-refractivity contribution is 14.0. The van der Waals surface area contributed by atoms with Gasteiger partial charge in [-0.15, -0.1) is 24.0 Å². The number of aliphatic imine (C=N–C) groups is 1. The number of halogens is 1. The van der Waals surface area contributed by atoms with Crippen LogP contribution in [0.3, 0.4) is 0 Å². The van der Waals surface area contributed by atoms with E-state index in [0.717, 1.165) is 19.0 Å². The molecule has 0 bridgehead atoms. The van der Waals surface area contributed by atoms with Gasteiger partial charge in [0, 0.05) is 20.1 Å². The molecular weight excluding hydrogens is 403 g/mol. The summed E-state index contributed by atoms with van der Waals surface area (Å²) in [5, 5.41) is 3.25. The zero-order valence-corrected chi connectivity index (χ0v) is 17.0. The normalized spacial score (nSPS) is 11.6. The van der Waals surface area contributed by atoms with Crippen LogP contribution in [0.4, 0.5) is 0 Å². The molecule has 5 nitrogen and oxygen atoms in total. The number of carbonyl (C=O) groups is 1. The zero-order chi connectivity index (χ0) is 16.8. The number of nitrogens with two attached hydrogens (primary N) is 1. The van der Waals surface area contributed by atoms with Crippen LogP contribution in [0.2, 0.25) is 0 Å². The van der Waals surface area contributed by atoms with Gasteiger partial charge in [-0.3, -0.25) is 9.79 Å². The molecule has 0 atom stereocenters. The lowest BCUT2D eigenvalue weighted by atomic mass is 9.93. The number of carbonyl (C=O) groups excluding carboxylic acids is 1. The zero-order valence-electron chi connectivity index (χ0n) is 14.7. The number of hydrogen-bond acceptors (Lipinski definition) is 2. The maximum atomic E-state index is 11.4. The van der Waals surface area contributed by atoms with Crippen molar-refractivity contribution in [2.75, 3.05) is 20.1 Å². The van der Waals surface area contributed by atoms with Gasteiger partial charge < -0.3 is 16.0 Å². The lowest BCUT2D eigenvalue weighted by Gasteiger charge is -2.24. The Kier molecular flexibility index (Phi) is 9.19. The Labute approximate surface area is 156 Å². The van der Waals surface area contributed by atoms with E-state index in [2.05, 4.69) is 41.5 Å². The Morgan fingerprint density at radius 1 is 1.30 bits per heavy atom. The van der Waals surface area contributed by atoms with Crippen molar-refractivity contribution in [2.24, 2.45) is 16.1 Å². The van der Waals surface area contributed by atoms with Crippen molar-refractivity contribution in [1.29, 1.82) is 0 Å². The van der Waals surface area contributed by atoms with E-state index in [1.165, 1.54) is 11.1 Å². The summed E-state index contributed by atoms with van der Waals surface area (Å²) in [6.45, 7) is 9.60. The van der Waals surface area contributed by atoms with Crippen molar-refractivity contribution in [2.45, 2.75) is 34.2 Å². The third kappa shape index (κ3) is 7.20. The van der Waals surface area contributed by atoms with Crippen molar-refractivity contribution in [3.8, 4) is 0 Å². The topological polar surface area (TPSA) is 70.7 Å². The van der Waals surface area contributed by atoms with Gasteiger partial charge in [0.1, 0.15) is 0 Å². The molecule has 23 heavy (non-hydrogen) atoms. The quantitative estimate of drug-likeness (QED) is 0.412. The Morgan fingerprint density at radius 3 is 2.35 bits per heavy atom. The largest absolute Gasteiger partial charge is 0.369 e. The molecule has 6 heteroatoms. The first kappa shape index (κ1) is 21.7. The molecule has 1 rings (SSSR count). The molecule has 0 fully saturated rings. The van der Waals surface area contributed by atoms with Crippen molar-refractivity contribution in [3.05, 3.63) is 35.4 Å². The highest BCUT2D eigenvalue weighted by atomic mass is 127. The predicted octanol–water partition coefficient (Wildman–Crippen LogP) is 2.52. The summed E-state index contributed by atoms with van der Waals surface area (Å²) in [5.74, 6) is 0.436. The highest BCUT2D eigenvalue weighted by Gasteiger charge is 2.24. The van der Waals surface area contributed by atoms with E-state index in [0.29, 0.717) is 6.54 Å². The molecule has 0 radical (unpaired) electrons. The summed E-state index contributed by atoms with van der Waals surface area (Å²) in [6.07, 6.45) is 0. The summed E-state index contributed by atoms with van der Waals surface area (Å²) in [4.78, 5) is 18.0. The third-order valence-corrected chi connectivity index (χ3v) is 3.53. The van der Waals surface area contributed by atoms with Crippen LogP contribution in [0.5, 0.6) is 0 Å². The summed E-state index contributed by atoms with van der Waals surface area (Å²) in [7, 11) is 1.98. The van der Waals surface area contributed by atoms with Gasteiger partial charge in [0.15, 0.2) is 5.96 Å². The summed E-state index contributed by atoms with van der Waals surface area (Å²) in [6, 6.07) is 8.43. The van der Waals surface area contributed by atoms with Crippen molar-refractivity contribution < 1.29 is 4.79 Å². The molecule has 130 valence electrons. The first-order chi connectivity index (χ1) is 10.3. The molecule has 0 heterocycles. The van der Waals surface area contributed by atoms with E-state index < -0.39 is 5.41 Å².